The van der Waals surface area contributed by atoms with Crippen molar-refractivity contribution in [1.82, 2.24) is 0 Å². The predicted molar refractivity (Wildman–Crippen MR) is 121 cm³/mol. The number of rotatable bonds is 5. The molecule has 0 aromatic rings. The van der Waals surface area contributed by atoms with Gasteiger partial charge in [-0.05, 0) is 84.9 Å². The molecule has 0 radical (unpaired) electrons. The van der Waals surface area contributed by atoms with Gasteiger partial charge in [-0.25, -0.2) is 0 Å². The SMILES string of the molecule is CC(C)CC(=O)C[C@@H](C)[C@H]1CC(=O)[C@H]2[C@@H]3C[C@H](O)[C@H]4C[C@H](O)CC[C@]4(C)[C@H]3CC[C@]12C. The molecule has 176 valence electrons. The lowest BCUT2D eigenvalue weighted by molar-refractivity contribution is -0.175. The molecule has 0 saturated heterocycles. The fourth-order valence-corrected chi connectivity index (χ4v) is 9.01. The molecule has 0 amide bonds. The molecule has 0 aromatic heterocycles. The molecule has 4 fully saturated rings. The van der Waals surface area contributed by atoms with E-state index in [1.54, 1.807) is 0 Å². The predicted octanol–water partition coefficient (Wildman–Crippen LogP) is 4.80. The van der Waals surface area contributed by atoms with E-state index < -0.39 is 6.10 Å². The molecule has 4 aliphatic rings. The highest BCUT2D eigenvalue weighted by atomic mass is 16.3. The van der Waals surface area contributed by atoms with Crippen molar-refractivity contribution in [3.05, 3.63) is 0 Å². The molecule has 0 aromatic carbocycles. The van der Waals surface area contributed by atoms with Crippen LogP contribution in [0.15, 0.2) is 0 Å². The maximum atomic E-state index is 13.5. The average molecular weight is 433 g/mol. The summed E-state index contributed by atoms with van der Waals surface area (Å²) < 4.78 is 0. The summed E-state index contributed by atoms with van der Waals surface area (Å²) in [6, 6.07) is 0. The van der Waals surface area contributed by atoms with Crippen LogP contribution in [-0.4, -0.2) is 34.0 Å². The Hall–Kier alpha value is -0.740. The van der Waals surface area contributed by atoms with E-state index in [1.165, 1.54) is 0 Å². The summed E-state index contributed by atoms with van der Waals surface area (Å²) in [6.07, 6.45) is 6.47. The fraction of sp³-hybridized carbons (Fsp3) is 0.926. The summed E-state index contributed by atoms with van der Waals surface area (Å²) in [6.45, 7) is 11.0. The van der Waals surface area contributed by atoms with Gasteiger partial charge >= 0.3 is 0 Å². The lowest BCUT2D eigenvalue weighted by Gasteiger charge is -2.61. The van der Waals surface area contributed by atoms with E-state index in [4.69, 9.17) is 0 Å². The Kier molecular flexibility index (Phi) is 6.22. The van der Waals surface area contributed by atoms with Crippen LogP contribution in [-0.2, 0) is 9.59 Å². The van der Waals surface area contributed by atoms with Gasteiger partial charge in [-0.3, -0.25) is 9.59 Å². The lowest BCUT2D eigenvalue weighted by Crippen LogP contribution is -2.59. The summed E-state index contributed by atoms with van der Waals surface area (Å²) >= 11 is 0. The van der Waals surface area contributed by atoms with Crippen LogP contribution in [0.1, 0.15) is 92.4 Å². The number of fused-ring (bicyclic) bond motifs is 5. The van der Waals surface area contributed by atoms with Gasteiger partial charge in [0.2, 0.25) is 0 Å². The van der Waals surface area contributed by atoms with Gasteiger partial charge in [-0.1, -0.05) is 34.6 Å². The second-order valence-electron chi connectivity index (χ2n) is 12.7. The molecular formula is C27H44O4. The summed E-state index contributed by atoms with van der Waals surface area (Å²) in [5.41, 5.74) is -0.0209. The zero-order valence-corrected chi connectivity index (χ0v) is 20.3. The molecule has 31 heavy (non-hydrogen) atoms. The van der Waals surface area contributed by atoms with Crippen molar-refractivity contribution in [2.75, 3.05) is 0 Å². The third-order valence-electron chi connectivity index (χ3n) is 10.4. The van der Waals surface area contributed by atoms with Crippen molar-refractivity contribution >= 4 is 11.6 Å². The third kappa shape index (κ3) is 3.84. The van der Waals surface area contributed by atoms with E-state index in [0.29, 0.717) is 55.5 Å². The summed E-state index contributed by atoms with van der Waals surface area (Å²) in [7, 11) is 0. The second kappa shape index (κ2) is 8.24. The third-order valence-corrected chi connectivity index (χ3v) is 10.4. The lowest BCUT2D eigenvalue weighted by atomic mass is 9.43. The molecule has 10 atom stereocenters. The Balaban J connectivity index is 1.57. The molecule has 4 aliphatic carbocycles. The molecule has 4 nitrogen and oxygen atoms in total. The number of Topliss-reactive ketones (excluding diaryl/α,β-unsaturated/α-hetero) is 2. The highest BCUT2D eigenvalue weighted by Gasteiger charge is 2.64. The van der Waals surface area contributed by atoms with Crippen molar-refractivity contribution in [3.8, 4) is 0 Å². The Morgan fingerprint density at radius 2 is 1.68 bits per heavy atom. The monoisotopic (exact) mass is 432 g/mol. The second-order valence-corrected chi connectivity index (χ2v) is 12.7. The van der Waals surface area contributed by atoms with E-state index in [0.717, 1.165) is 25.7 Å². The highest BCUT2D eigenvalue weighted by molar-refractivity contribution is 5.86. The van der Waals surface area contributed by atoms with Crippen LogP contribution in [0.2, 0.25) is 0 Å². The molecule has 4 heteroatoms. The minimum atomic E-state index is -0.416. The van der Waals surface area contributed by atoms with Crippen LogP contribution in [0.4, 0.5) is 0 Å². The maximum Gasteiger partial charge on any atom is 0.137 e. The first-order chi connectivity index (χ1) is 14.5. The minimum absolute atomic E-state index is 0.0261. The Morgan fingerprint density at radius 1 is 1.00 bits per heavy atom. The number of hydrogen-bond donors (Lipinski definition) is 2. The van der Waals surface area contributed by atoms with Crippen molar-refractivity contribution in [2.45, 2.75) is 105 Å². The average Bonchev–Trinajstić information content (AvgIpc) is 2.94. The maximum absolute atomic E-state index is 13.5. The molecular weight excluding hydrogens is 388 g/mol. The molecule has 0 heterocycles. The van der Waals surface area contributed by atoms with Crippen LogP contribution in [0, 0.1) is 52.3 Å². The van der Waals surface area contributed by atoms with Gasteiger partial charge in [0.05, 0.1) is 12.2 Å². The van der Waals surface area contributed by atoms with Crippen molar-refractivity contribution in [1.29, 1.82) is 0 Å². The van der Waals surface area contributed by atoms with Crippen LogP contribution < -0.4 is 0 Å². The number of hydrogen-bond acceptors (Lipinski definition) is 4. The first kappa shape index (κ1) is 23.4. The van der Waals surface area contributed by atoms with Gasteiger partial charge in [-0.2, -0.15) is 0 Å². The fourth-order valence-electron chi connectivity index (χ4n) is 9.01. The van der Waals surface area contributed by atoms with Crippen molar-refractivity contribution in [3.63, 3.8) is 0 Å². The van der Waals surface area contributed by atoms with Crippen molar-refractivity contribution < 1.29 is 19.8 Å². The largest absolute Gasteiger partial charge is 0.393 e. The Bertz CT molecular complexity index is 716. The molecule has 4 saturated carbocycles. The van der Waals surface area contributed by atoms with Gasteiger partial charge in [0, 0.05) is 25.2 Å². The normalized spacial score (nSPS) is 48.1. The Labute approximate surface area is 188 Å². The standard InChI is InChI=1S/C27H44O4/c1-15(2)10-18(29)11-16(3)21-14-24(31)25-19-13-23(30)22-12-17(28)6-8-26(22,4)20(19)7-9-27(21,25)5/h15-17,19-23,25,28,30H,6-14H2,1-5H3/t16-,17-,19-,20+,21-,22-,23+,25-,26-,27-/m1/s1. The highest BCUT2D eigenvalue weighted by Crippen LogP contribution is 2.67. The number of carbonyl (C=O) groups excluding carboxylic acids is 2. The molecule has 2 N–H and O–H groups in total. The molecule has 0 spiro atoms. The van der Waals surface area contributed by atoms with Crippen LogP contribution in [0.25, 0.3) is 0 Å². The molecule has 4 rings (SSSR count). The van der Waals surface area contributed by atoms with Crippen LogP contribution >= 0.6 is 0 Å². The zero-order chi connectivity index (χ0) is 22.7. The summed E-state index contributed by atoms with van der Waals surface area (Å²) in [5, 5.41) is 21.4. The van der Waals surface area contributed by atoms with Gasteiger partial charge < -0.3 is 10.2 Å². The van der Waals surface area contributed by atoms with Crippen molar-refractivity contribution in [2.24, 2.45) is 52.3 Å². The summed E-state index contributed by atoms with van der Waals surface area (Å²) in [4.78, 5) is 26.0. The molecule has 0 unspecified atom stereocenters. The van der Waals surface area contributed by atoms with E-state index in [1.807, 2.05) is 0 Å². The van der Waals surface area contributed by atoms with E-state index in [2.05, 4.69) is 34.6 Å². The van der Waals surface area contributed by atoms with E-state index in [-0.39, 0.29) is 46.5 Å². The first-order valence-corrected chi connectivity index (χ1v) is 12.9. The van der Waals surface area contributed by atoms with Gasteiger partial charge in [0.25, 0.3) is 0 Å². The Morgan fingerprint density at radius 3 is 2.35 bits per heavy atom. The smallest absolute Gasteiger partial charge is 0.137 e. The number of carbonyl (C=O) groups is 2. The van der Waals surface area contributed by atoms with Gasteiger partial charge in [-0.15, -0.1) is 0 Å². The number of aliphatic hydroxyl groups is 2. The quantitative estimate of drug-likeness (QED) is 0.654. The topological polar surface area (TPSA) is 74.6 Å². The zero-order valence-electron chi connectivity index (χ0n) is 20.3. The summed E-state index contributed by atoms with van der Waals surface area (Å²) in [5.74, 6) is 2.51. The van der Waals surface area contributed by atoms with E-state index >= 15 is 0 Å². The van der Waals surface area contributed by atoms with Crippen LogP contribution in [0.5, 0.6) is 0 Å². The molecule has 0 aliphatic heterocycles. The number of ketones is 2. The minimum Gasteiger partial charge on any atom is -0.393 e. The first-order valence-electron chi connectivity index (χ1n) is 12.9. The van der Waals surface area contributed by atoms with Gasteiger partial charge in [0.15, 0.2) is 0 Å². The van der Waals surface area contributed by atoms with Gasteiger partial charge in [0.1, 0.15) is 11.6 Å². The van der Waals surface area contributed by atoms with Crippen LogP contribution in [0.3, 0.4) is 0 Å². The van der Waals surface area contributed by atoms with E-state index in [9.17, 15) is 19.8 Å². The number of aliphatic hydroxyl groups excluding tert-OH is 2. The molecule has 0 bridgehead atoms.